The van der Waals surface area contributed by atoms with E-state index in [0.717, 1.165) is 38.2 Å². The number of nitrogens with zero attached hydrogens (tertiary/aromatic N) is 2. The Balaban J connectivity index is 1.68. The SMILES string of the molecule is C[C@@H]1CN(C2CCOCC2)CCN1C(=O)c1cc(F)c(F)c(F)c1. The van der Waals surface area contributed by atoms with E-state index in [1.54, 1.807) is 4.90 Å². The van der Waals surface area contributed by atoms with Crippen LogP contribution in [0.25, 0.3) is 0 Å². The minimum atomic E-state index is -1.55. The van der Waals surface area contributed by atoms with E-state index in [1.807, 2.05) is 6.92 Å². The van der Waals surface area contributed by atoms with E-state index in [4.69, 9.17) is 4.74 Å². The van der Waals surface area contributed by atoms with Gasteiger partial charge in [-0.25, -0.2) is 13.2 Å². The maximum Gasteiger partial charge on any atom is 0.254 e. The van der Waals surface area contributed by atoms with Gasteiger partial charge in [0, 0.05) is 50.5 Å². The summed E-state index contributed by atoms with van der Waals surface area (Å²) in [6, 6.07) is 1.90. The second kappa shape index (κ2) is 7.11. The van der Waals surface area contributed by atoms with Crippen LogP contribution >= 0.6 is 0 Å². The Labute approximate surface area is 139 Å². The maximum absolute atomic E-state index is 13.4. The molecule has 0 aromatic heterocycles. The first-order valence-electron chi connectivity index (χ1n) is 8.24. The fraction of sp³-hybridized carbons (Fsp3) is 0.588. The van der Waals surface area contributed by atoms with Gasteiger partial charge in [0.05, 0.1) is 0 Å². The maximum atomic E-state index is 13.4. The van der Waals surface area contributed by atoms with Gasteiger partial charge in [-0.15, -0.1) is 0 Å². The van der Waals surface area contributed by atoms with E-state index in [0.29, 0.717) is 25.7 Å². The Morgan fingerprint density at radius 1 is 1.12 bits per heavy atom. The zero-order valence-corrected chi connectivity index (χ0v) is 13.6. The third kappa shape index (κ3) is 3.42. The van der Waals surface area contributed by atoms with Crippen LogP contribution in [0.2, 0.25) is 0 Å². The molecular formula is C17H21F3N2O2. The Bertz CT molecular complexity index is 597. The van der Waals surface area contributed by atoms with E-state index in [-0.39, 0.29) is 11.6 Å². The number of ether oxygens (including phenoxy) is 1. The lowest BCUT2D eigenvalue weighted by atomic mass is 10.0. The number of halogens is 3. The largest absolute Gasteiger partial charge is 0.381 e. The second-order valence-corrected chi connectivity index (χ2v) is 6.44. The summed E-state index contributed by atoms with van der Waals surface area (Å²) >= 11 is 0. The first-order chi connectivity index (χ1) is 11.5. The molecule has 1 amide bonds. The van der Waals surface area contributed by atoms with E-state index >= 15 is 0 Å². The Morgan fingerprint density at radius 3 is 2.33 bits per heavy atom. The van der Waals surface area contributed by atoms with Crippen LogP contribution in [0.5, 0.6) is 0 Å². The number of carbonyl (C=O) groups excluding carboxylic acids is 1. The third-order valence-corrected chi connectivity index (χ3v) is 4.86. The Kier molecular flexibility index (Phi) is 5.10. The van der Waals surface area contributed by atoms with Gasteiger partial charge in [-0.1, -0.05) is 0 Å². The molecule has 2 heterocycles. The smallest absolute Gasteiger partial charge is 0.254 e. The average Bonchev–Trinajstić information content (AvgIpc) is 2.59. The molecule has 0 saturated carbocycles. The van der Waals surface area contributed by atoms with Crippen LogP contribution in [0.15, 0.2) is 12.1 Å². The molecule has 1 atom stereocenters. The topological polar surface area (TPSA) is 32.8 Å². The molecule has 4 nitrogen and oxygen atoms in total. The monoisotopic (exact) mass is 342 g/mol. The summed E-state index contributed by atoms with van der Waals surface area (Å²) in [6.07, 6.45) is 1.96. The molecule has 2 fully saturated rings. The highest BCUT2D eigenvalue weighted by atomic mass is 19.2. The van der Waals surface area contributed by atoms with Crippen molar-refractivity contribution in [3.63, 3.8) is 0 Å². The van der Waals surface area contributed by atoms with Crippen LogP contribution in [0.3, 0.4) is 0 Å². The fourth-order valence-electron chi connectivity index (χ4n) is 3.51. The predicted molar refractivity (Wildman–Crippen MR) is 82.2 cm³/mol. The summed E-state index contributed by atoms with van der Waals surface area (Å²) in [5.41, 5.74) is -0.155. The van der Waals surface area contributed by atoms with E-state index in [9.17, 15) is 18.0 Å². The van der Waals surface area contributed by atoms with Gasteiger partial charge in [0.2, 0.25) is 0 Å². The molecule has 0 N–H and O–H groups in total. The molecule has 1 aromatic rings. The summed E-state index contributed by atoms with van der Waals surface area (Å²) in [5, 5.41) is 0. The van der Waals surface area contributed by atoms with Gasteiger partial charge < -0.3 is 9.64 Å². The predicted octanol–water partition coefficient (Wildman–Crippen LogP) is 2.43. The Hall–Kier alpha value is -1.60. The lowest BCUT2D eigenvalue weighted by molar-refractivity contribution is 0.000685. The quantitative estimate of drug-likeness (QED) is 0.774. The molecule has 0 radical (unpaired) electrons. The van der Waals surface area contributed by atoms with Crippen LogP contribution in [0.4, 0.5) is 13.2 Å². The highest BCUT2D eigenvalue weighted by molar-refractivity contribution is 5.94. The van der Waals surface area contributed by atoms with Gasteiger partial charge in [-0.3, -0.25) is 9.69 Å². The van der Waals surface area contributed by atoms with E-state index in [2.05, 4.69) is 4.90 Å². The molecule has 24 heavy (non-hydrogen) atoms. The molecule has 0 aliphatic carbocycles. The third-order valence-electron chi connectivity index (χ3n) is 4.86. The van der Waals surface area contributed by atoms with Crippen molar-refractivity contribution in [3.8, 4) is 0 Å². The lowest BCUT2D eigenvalue weighted by Crippen LogP contribution is -2.57. The first-order valence-corrected chi connectivity index (χ1v) is 8.24. The molecule has 132 valence electrons. The van der Waals surface area contributed by atoms with Crippen LogP contribution in [-0.4, -0.2) is 60.6 Å². The number of carbonyl (C=O) groups is 1. The van der Waals surface area contributed by atoms with Gasteiger partial charge >= 0.3 is 0 Å². The fourth-order valence-corrected chi connectivity index (χ4v) is 3.51. The van der Waals surface area contributed by atoms with Crippen molar-refractivity contribution in [1.29, 1.82) is 0 Å². The van der Waals surface area contributed by atoms with Gasteiger partial charge in [-0.05, 0) is 31.9 Å². The van der Waals surface area contributed by atoms with Crippen LogP contribution in [-0.2, 0) is 4.74 Å². The number of rotatable bonds is 2. The van der Waals surface area contributed by atoms with Gasteiger partial charge in [0.1, 0.15) is 0 Å². The summed E-state index contributed by atoms with van der Waals surface area (Å²) < 4.78 is 45.2. The molecule has 0 spiro atoms. The summed E-state index contributed by atoms with van der Waals surface area (Å²) in [6.45, 7) is 5.34. The zero-order valence-electron chi connectivity index (χ0n) is 13.6. The second-order valence-electron chi connectivity index (χ2n) is 6.44. The van der Waals surface area contributed by atoms with Crippen molar-refractivity contribution in [2.45, 2.75) is 31.8 Å². The van der Waals surface area contributed by atoms with Crippen LogP contribution in [0.1, 0.15) is 30.1 Å². The lowest BCUT2D eigenvalue weighted by Gasteiger charge is -2.44. The van der Waals surface area contributed by atoms with Gasteiger partial charge in [0.25, 0.3) is 5.91 Å². The summed E-state index contributed by atoms with van der Waals surface area (Å²) in [7, 11) is 0. The number of piperazine rings is 1. The van der Waals surface area contributed by atoms with Crippen molar-refractivity contribution in [2.75, 3.05) is 32.8 Å². The molecule has 2 aliphatic rings. The Morgan fingerprint density at radius 2 is 1.75 bits per heavy atom. The average molecular weight is 342 g/mol. The summed E-state index contributed by atoms with van der Waals surface area (Å²) in [4.78, 5) is 16.5. The van der Waals surface area contributed by atoms with Crippen LogP contribution < -0.4 is 0 Å². The van der Waals surface area contributed by atoms with Crippen molar-refractivity contribution >= 4 is 5.91 Å². The highest BCUT2D eigenvalue weighted by Crippen LogP contribution is 2.22. The molecule has 1 aromatic carbocycles. The molecular weight excluding hydrogens is 321 g/mol. The van der Waals surface area contributed by atoms with E-state index in [1.165, 1.54) is 0 Å². The molecule has 2 saturated heterocycles. The minimum Gasteiger partial charge on any atom is -0.381 e. The van der Waals surface area contributed by atoms with E-state index < -0.39 is 23.4 Å². The van der Waals surface area contributed by atoms with Gasteiger partial charge in [0.15, 0.2) is 17.5 Å². The van der Waals surface area contributed by atoms with Crippen molar-refractivity contribution in [2.24, 2.45) is 0 Å². The van der Waals surface area contributed by atoms with Crippen molar-refractivity contribution in [1.82, 2.24) is 9.80 Å². The van der Waals surface area contributed by atoms with Crippen molar-refractivity contribution in [3.05, 3.63) is 35.1 Å². The number of benzene rings is 1. The molecule has 7 heteroatoms. The number of hydrogen-bond acceptors (Lipinski definition) is 3. The van der Waals surface area contributed by atoms with Gasteiger partial charge in [-0.2, -0.15) is 0 Å². The minimum absolute atomic E-state index is 0.0785. The number of hydrogen-bond donors (Lipinski definition) is 0. The normalized spacial score (nSPS) is 23.5. The summed E-state index contributed by atoms with van der Waals surface area (Å²) in [5.74, 6) is -4.70. The highest BCUT2D eigenvalue weighted by Gasteiger charge is 2.32. The zero-order chi connectivity index (χ0) is 17.3. The first kappa shape index (κ1) is 17.2. The van der Waals surface area contributed by atoms with Crippen molar-refractivity contribution < 1.29 is 22.7 Å². The van der Waals surface area contributed by atoms with Crippen LogP contribution in [0, 0.1) is 17.5 Å². The molecule has 0 unspecified atom stereocenters. The standard InChI is InChI=1S/C17H21F3N2O2/c1-11-10-21(13-2-6-24-7-3-13)4-5-22(11)17(23)12-8-14(18)16(20)15(19)9-12/h8-9,11,13H,2-7,10H2,1H3/t11-/m1/s1. The molecule has 0 bridgehead atoms. The number of amides is 1. The molecule has 2 aliphatic heterocycles. The molecule has 3 rings (SSSR count).